The van der Waals surface area contributed by atoms with Crippen molar-refractivity contribution in [2.24, 2.45) is 0 Å². The number of rotatable bonds is 1. The molecule has 2 aromatic carbocycles. The van der Waals surface area contributed by atoms with Crippen LogP contribution in [0.1, 0.15) is 11.1 Å². The van der Waals surface area contributed by atoms with Gasteiger partial charge in [-0.05, 0) is 23.8 Å². The molecule has 0 saturated carbocycles. The normalized spacial score (nSPS) is 21.3. The molecule has 2 nitrogen and oxygen atoms in total. The Morgan fingerprint density at radius 2 is 1.84 bits per heavy atom. The van der Waals surface area contributed by atoms with Crippen LogP contribution in [0.3, 0.4) is 0 Å². The van der Waals surface area contributed by atoms with Crippen LogP contribution in [0.4, 0.5) is 4.20 Å². The van der Waals surface area contributed by atoms with Crippen LogP contribution < -0.4 is 4.52 Å². The van der Waals surface area contributed by atoms with E-state index in [9.17, 15) is 8.76 Å². The third-order valence-corrected chi connectivity index (χ3v) is 4.07. The number of hydrogen-bond donors (Lipinski definition) is 0. The molecule has 0 saturated heterocycles. The predicted molar refractivity (Wildman–Crippen MR) is 74.3 cm³/mol. The quantitative estimate of drug-likeness (QED) is 0.668. The summed E-state index contributed by atoms with van der Waals surface area (Å²) < 4.78 is 30.4. The monoisotopic (exact) mass is 294 g/mol. The zero-order chi connectivity index (χ0) is 13.5. The Morgan fingerprint density at radius 3 is 2.58 bits per heavy atom. The second-order valence-corrected chi connectivity index (χ2v) is 6.08. The van der Waals surface area contributed by atoms with E-state index in [4.69, 9.17) is 16.1 Å². The van der Waals surface area contributed by atoms with Crippen molar-refractivity contribution < 1.29 is 13.3 Å². The van der Waals surface area contributed by atoms with E-state index in [1.54, 1.807) is 12.1 Å². The van der Waals surface area contributed by atoms with Crippen molar-refractivity contribution in [2.75, 3.05) is 0 Å². The predicted octanol–water partition coefficient (Wildman–Crippen LogP) is 5.28. The summed E-state index contributed by atoms with van der Waals surface area (Å²) in [6.07, 6.45) is 0. The summed E-state index contributed by atoms with van der Waals surface area (Å²) in [6, 6.07) is 13.9. The molecule has 1 aliphatic heterocycles. The highest BCUT2D eigenvalue weighted by Crippen LogP contribution is 2.58. The number of halogens is 2. The van der Waals surface area contributed by atoms with Gasteiger partial charge in [0.15, 0.2) is 0 Å². The van der Waals surface area contributed by atoms with Gasteiger partial charge in [-0.25, -0.2) is 4.57 Å². The lowest BCUT2D eigenvalue weighted by Crippen LogP contribution is -2.00. The molecule has 0 aromatic heterocycles. The topological polar surface area (TPSA) is 26.3 Å². The molecule has 0 N–H and O–H groups in total. The number of fused-ring (bicyclic) bond motifs is 1. The van der Waals surface area contributed by atoms with Gasteiger partial charge in [0.05, 0.1) is 5.82 Å². The lowest BCUT2D eigenvalue weighted by molar-refractivity contribution is 0.444. The molecule has 96 valence electrons. The van der Waals surface area contributed by atoms with Crippen LogP contribution in [-0.2, 0) is 4.57 Å². The molecule has 1 heterocycles. The molecular weight excluding hydrogens is 286 g/mol. The largest absolute Gasteiger partial charge is 0.441 e. The summed E-state index contributed by atoms with van der Waals surface area (Å²) >= 11 is 5.95. The molecule has 2 aromatic rings. The van der Waals surface area contributed by atoms with E-state index in [0.29, 0.717) is 16.2 Å². The first kappa shape index (κ1) is 12.5. The zero-order valence-electron chi connectivity index (χ0n) is 9.72. The Morgan fingerprint density at radius 1 is 1.11 bits per heavy atom. The van der Waals surface area contributed by atoms with E-state index in [1.807, 2.05) is 30.3 Å². The maximum absolute atomic E-state index is 13.8. The van der Waals surface area contributed by atoms with Gasteiger partial charge in [-0.1, -0.05) is 41.9 Å². The molecule has 1 unspecified atom stereocenters. The summed E-state index contributed by atoms with van der Waals surface area (Å²) in [5, 5.41) is 0.514. The van der Waals surface area contributed by atoms with Crippen LogP contribution in [-0.4, -0.2) is 0 Å². The lowest BCUT2D eigenvalue weighted by atomic mass is 9.99. The highest BCUT2D eigenvalue weighted by atomic mass is 35.5. The highest BCUT2D eigenvalue weighted by Gasteiger charge is 2.30. The smallest absolute Gasteiger partial charge is 0.418 e. The van der Waals surface area contributed by atoms with Gasteiger partial charge in [0, 0.05) is 16.2 Å². The second-order valence-electron chi connectivity index (χ2n) is 4.16. The fraction of sp³-hybridized carbons (Fsp3) is 0. The van der Waals surface area contributed by atoms with Crippen LogP contribution >= 0.6 is 19.3 Å². The van der Waals surface area contributed by atoms with E-state index in [-0.39, 0.29) is 5.75 Å². The Bertz CT molecular complexity index is 713. The molecule has 0 radical (unpaired) electrons. The molecule has 1 aliphatic rings. The fourth-order valence-electron chi connectivity index (χ4n) is 2.02. The first-order chi connectivity index (χ1) is 9.05. The molecule has 0 fully saturated rings. The summed E-state index contributed by atoms with van der Waals surface area (Å²) in [6.45, 7) is 0. The van der Waals surface area contributed by atoms with Gasteiger partial charge >= 0.3 is 7.68 Å². The Kier molecular flexibility index (Phi) is 2.96. The maximum Gasteiger partial charge on any atom is 0.441 e. The minimum Gasteiger partial charge on any atom is -0.418 e. The summed E-state index contributed by atoms with van der Waals surface area (Å²) in [5.74, 6) is 1.29. The summed E-state index contributed by atoms with van der Waals surface area (Å²) in [5.41, 5.74) is 1.95. The molecular formula is C14H9ClFO2P. The van der Waals surface area contributed by atoms with Gasteiger partial charge in [-0.15, -0.1) is 4.20 Å². The van der Waals surface area contributed by atoms with Crippen LogP contribution in [0.15, 0.2) is 54.3 Å². The summed E-state index contributed by atoms with van der Waals surface area (Å²) in [4.78, 5) is 0. The first-order valence-electron chi connectivity index (χ1n) is 5.62. The van der Waals surface area contributed by atoms with Gasteiger partial charge in [-0.2, -0.15) is 0 Å². The average molecular weight is 295 g/mol. The van der Waals surface area contributed by atoms with Crippen LogP contribution in [0.5, 0.6) is 5.75 Å². The van der Waals surface area contributed by atoms with Crippen LogP contribution in [0, 0.1) is 0 Å². The molecule has 0 bridgehead atoms. The highest BCUT2D eigenvalue weighted by molar-refractivity contribution is 7.57. The fourth-order valence-corrected chi connectivity index (χ4v) is 3.27. The Hall–Kier alpha value is -1.57. The SMILES string of the molecule is O=P1(F)C=C(c2ccccc2)c2cc(Cl)ccc2O1. The Labute approximate surface area is 115 Å². The van der Waals surface area contributed by atoms with E-state index in [0.717, 1.165) is 11.4 Å². The van der Waals surface area contributed by atoms with Crippen molar-refractivity contribution in [3.05, 3.63) is 70.5 Å². The van der Waals surface area contributed by atoms with Gasteiger partial charge in [-0.3, -0.25) is 0 Å². The molecule has 19 heavy (non-hydrogen) atoms. The molecule has 0 spiro atoms. The van der Waals surface area contributed by atoms with E-state index in [2.05, 4.69) is 0 Å². The van der Waals surface area contributed by atoms with E-state index < -0.39 is 7.68 Å². The second kappa shape index (κ2) is 4.52. The van der Waals surface area contributed by atoms with Crippen molar-refractivity contribution in [3.63, 3.8) is 0 Å². The molecule has 1 atom stereocenters. The third kappa shape index (κ3) is 2.44. The lowest BCUT2D eigenvalue weighted by Gasteiger charge is -2.21. The van der Waals surface area contributed by atoms with Gasteiger partial charge in [0.1, 0.15) is 5.75 Å². The maximum atomic E-state index is 13.8. The van der Waals surface area contributed by atoms with Crippen LogP contribution in [0.2, 0.25) is 5.02 Å². The average Bonchev–Trinajstić information content (AvgIpc) is 2.39. The summed E-state index contributed by atoms with van der Waals surface area (Å²) in [7, 11) is -4.26. The van der Waals surface area contributed by atoms with Crippen molar-refractivity contribution in [2.45, 2.75) is 0 Å². The van der Waals surface area contributed by atoms with Gasteiger partial charge in [0.2, 0.25) is 0 Å². The van der Waals surface area contributed by atoms with Gasteiger partial charge in [0.25, 0.3) is 0 Å². The molecule has 0 amide bonds. The Balaban J connectivity index is 2.24. The standard InChI is InChI=1S/C14H9ClFO2P/c15-11-6-7-14-12(8-11)13(9-19(16,17)18-14)10-4-2-1-3-5-10/h1-9H. The van der Waals surface area contributed by atoms with Gasteiger partial charge < -0.3 is 4.52 Å². The van der Waals surface area contributed by atoms with Crippen molar-refractivity contribution in [3.8, 4) is 5.75 Å². The van der Waals surface area contributed by atoms with Crippen molar-refractivity contribution in [1.29, 1.82) is 0 Å². The van der Waals surface area contributed by atoms with E-state index >= 15 is 0 Å². The minimum absolute atomic E-state index is 0.247. The first-order valence-corrected chi connectivity index (χ1v) is 7.59. The minimum atomic E-state index is -4.26. The molecule has 0 aliphatic carbocycles. The van der Waals surface area contributed by atoms with Crippen molar-refractivity contribution in [1.82, 2.24) is 0 Å². The third-order valence-electron chi connectivity index (χ3n) is 2.82. The van der Waals surface area contributed by atoms with Crippen molar-refractivity contribution >= 4 is 24.9 Å². The number of benzene rings is 2. The number of hydrogen-bond acceptors (Lipinski definition) is 2. The molecule has 5 heteroatoms. The zero-order valence-corrected chi connectivity index (χ0v) is 11.4. The molecule has 3 rings (SSSR count). The van der Waals surface area contributed by atoms with E-state index in [1.165, 1.54) is 6.07 Å². The van der Waals surface area contributed by atoms with Crippen LogP contribution in [0.25, 0.3) is 5.57 Å².